The molecule has 2 amide bonds. The first-order valence-corrected chi connectivity index (χ1v) is 23.0. The predicted octanol–water partition coefficient (Wildman–Crippen LogP) is 6.51. The predicted molar refractivity (Wildman–Crippen MR) is 249 cm³/mol. The van der Waals surface area contributed by atoms with E-state index in [-0.39, 0.29) is 73.0 Å². The van der Waals surface area contributed by atoms with Crippen LogP contribution >= 0.6 is 0 Å². The summed E-state index contributed by atoms with van der Waals surface area (Å²) in [4.78, 5) is 57.3. The van der Waals surface area contributed by atoms with Gasteiger partial charge in [0, 0.05) is 74.5 Å². The number of nitriles is 2. The normalized spacial score (nSPS) is 14.9. The molecule has 2 N–H and O–H groups in total. The van der Waals surface area contributed by atoms with Crippen LogP contribution in [0, 0.1) is 34.3 Å². The van der Waals surface area contributed by atoms with Crippen LogP contribution in [-0.4, -0.2) is 95.0 Å². The van der Waals surface area contributed by atoms with Crippen LogP contribution in [0.4, 0.5) is 8.78 Å². The van der Waals surface area contributed by atoms with Crippen molar-refractivity contribution >= 4 is 45.6 Å². The number of fused-ring (bicyclic) bond motifs is 2. The monoisotopic (exact) mass is 922 g/mol. The molecule has 6 aromatic rings. The van der Waals surface area contributed by atoms with Gasteiger partial charge >= 0.3 is 11.9 Å². The molecule has 14 nitrogen and oxygen atoms in total. The second-order valence-corrected chi connectivity index (χ2v) is 17.4. The van der Waals surface area contributed by atoms with Crippen molar-refractivity contribution in [1.29, 1.82) is 10.5 Å². The Hall–Kier alpha value is -7.40. The second kappa shape index (κ2) is 21.9. The van der Waals surface area contributed by atoms with Gasteiger partial charge in [-0.25, -0.2) is 18.4 Å². The van der Waals surface area contributed by atoms with Gasteiger partial charge in [-0.2, -0.15) is 10.5 Å². The number of rotatable bonds is 16. The number of carbonyl (C=O) groups excluding carboxylic acids is 4. The van der Waals surface area contributed by atoms with Gasteiger partial charge in [0.05, 0.1) is 36.0 Å². The summed E-state index contributed by atoms with van der Waals surface area (Å²) in [5.74, 6) is -3.27. The van der Waals surface area contributed by atoms with Gasteiger partial charge < -0.3 is 39.0 Å². The minimum atomic E-state index is -1.22. The molecule has 0 radical (unpaired) electrons. The first kappa shape index (κ1) is 47.1. The zero-order chi connectivity index (χ0) is 47.6. The summed E-state index contributed by atoms with van der Waals surface area (Å²) in [5, 5.41) is 24.2. The van der Waals surface area contributed by atoms with Gasteiger partial charge in [-0.1, -0.05) is 36.4 Å². The Kier molecular flexibility index (Phi) is 15.2. The molecule has 0 atom stereocenters. The summed E-state index contributed by atoms with van der Waals surface area (Å²) in [6.45, 7) is 4.59. The van der Waals surface area contributed by atoms with Crippen LogP contribution in [0.25, 0.3) is 21.8 Å². The Morgan fingerprint density at radius 1 is 0.559 bits per heavy atom. The molecular weight excluding hydrogens is 871 g/mol. The van der Waals surface area contributed by atoms with Crippen molar-refractivity contribution in [1.82, 2.24) is 29.6 Å². The van der Waals surface area contributed by atoms with Gasteiger partial charge in [-0.05, 0) is 109 Å². The van der Waals surface area contributed by atoms with E-state index in [4.69, 9.17) is 20.0 Å². The molecule has 2 aromatic heterocycles. The minimum Gasteiger partial charge on any atom is -0.416 e. The molecule has 0 aliphatic carbocycles. The topological polar surface area (TPSA) is 175 Å². The quantitative estimate of drug-likeness (QED) is 0.0619. The van der Waals surface area contributed by atoms with E-state index in [0.717, 1.165) is 100.0 Å². The fourth-order valence-electron chi connectivity index (χ4n) is 9.29. The van der Waals surface area contributed by atoms with Crippen molar-refractivity contribution in [3.8, 4) is 23.6 Å². The Morgan fingerprint density at radius 3 is 1.29 bits per heavy atom. The molecule has 350 valence electrons. The Balaban J connectivity index is 0.989. The number of ether oxygens (including phenoxy) is 2. The van der Waals surface area contributed by atoms with E-state index < -0.39 is 11.9 Å². The maximum absolute atomic E-state index is 13.7. The highest BCUT2D eigenvalue weighted by Gasteiger charge is 2.29. The third kappa shape index (κ3) is 11.8. The molecule has 2 aliphatic heterocycles. The summed E-state index contributed by atoms with van der Waals surface area (Å²) in [6.07, 6.45) is 8.20. The number of piperidine rings is 2. The number of hydrogen-bond donors (Lipinski definition) is 2. The molecule has 4 heterocycles. The lowest BCUT2D eigenvalue weighted by Gasteiger charge is -2.33. The lowest BCUT2D eigenvalue weighted by molar-refractivity contribution is -0.156. The molecule has 4 aromatic carbocycles. The molecule has 0 spiro atoms. The first-order chi connectivity index (χ1) is 33.0. The molecule has 0 unspecified atom stereocenters. The summed E-state index contributed by atoms with van der Waals surface area (Å²) in [7, 11) is 0. The smallest absolute Gasteiger partial charge is 0.416 e. The van der Waals surface area contributed by atoms with Gasteiger partial charge in [0.1, 0.15) is 24.7 Å². The second-order valence-electron chi connectivity index (χ2n) is 17.4. The van der Waals surface area contributed by atoms with E-state index in [1.54, 1.807) is 60.9 Å². The summed E-state index contributed by atoms with van der Waals surface area (Å²) >= 11 is 0. The number of nitrogens with zero attached hydrogens (tertiary/aromatic N) is 6. The van der Waals surface area contributed by atoms with Crippen molar-refractivity contribution in [3.63, 3.8) is 0 Å². The number of benzene rings is 4. The van der Waals surface area contributed by atoms with Crippen LogP contribution in [-0.2, 0) is 44.9 Å². The average Bonchev–Trinajstić information content (AvgIpc) is 3.89. The number of hydrogen-bond acceptors (Lipinski definition) is 10. The standard InChI is InChI=1S/C52H52F2N8O6/c53-39-7-1-35(2-8-39)13-23-59-25-15-41(16-26-59)61-33-47(43-11-5-37(29-45(43)61)31-49(63)57-21-19-55)67-51(65)52(66)68-48-34-62(46-30-38(6-12-44(46)48)32-50(64)58-22-20-56)42-17-27-60(28-18-42)24-14-36-3-9-40(54)10-4-36/h1-12,29-30,33-34,41-42H,13-18,21-28,31-32H2,(H,57,63)(H,58,64). The Labute approximate surface area is 392 Å². The van der Waals surface area contributed by atoms with E-state index in [2.05, 4.69) is 20.4 Å². The molecular formula is C52H52F2N8O6. The minimum absolute atomic E-state index is 0.0109. The summed E-state index contributed by atoms with van der Waals surface area (Å²) < 4.78 is 42.7. The van der Waals surface area contributed by atoms with Crippen LogP contribution in [0.1, 0.15) is 60.0 Å². The average molecular weight is 923 g/mol. The number of esters is 2. The van der Waals surface area contributed by atoms with E-state index in [0.29, 0.717) is 21.9 Å². The Morgan fingerprint density at radius 2 is 0.926 bits per heavy atom. The van der Waals surface area contributed by atoms with E-state index >= 15 is 0 Å². The fourth-order valence-corrected chi connectivity index (χ4v) is 9.29. The molecule has 2 aliphatic rings. The zero-order valence-corrected chi connectivity index (χ0v) is 37.6. The lowest BCUT2D eigenvalue weighted by Crippen LogP contribution is -2.35. The van der Waals surface area contributed by atoms with Crippen molar-refractivity contribution in [2.45, 2.75) is 63.5 Å². The van der Waals surface area contributed by atoms with Crippen LogP contribution in [0.2, 0.25) is 0 Å². The summed E-state index contributed by atoms with van der Waals surface area (Å²) in [5.41, 5.74) is 4.95. The molecule has 16 heteroatoms. The van der Waals surface area contributed by atoms with Gasteiger partial charge in [0.25, 0.3) is 0 Å². The maximum Gasteiger partial charge on any atom is 0.423 e. The van der Waals surface area contributed by atoms with Crippen molar-refractivity contribution < 1.29 is 37.4 Å². The molecule has 68 heavy (non-hydrogen) atoms. The lowest BCUT2D eigenvalue weighted by atomic mass is 10.0. The summed E-state index contributed by atoms with van der Waals surface area (Å²) in [6, 6.07) is 27.7. The third-order valence-electron chi connectivity index (χ3n) is 12.9. The molecule has 2 fully saturated rings. The number of amides is 2. The van der Waals surface area contributed by atoms with Gasteiger partial charge in [-0.15, -0.1) is 0 Å². The highest BCUT2D eigenvalue weighted by molar-refractivity contribution is 6.31. The fraction of sp³-hybridized carbons (Fsp3) is 0.346. The highest BCUT2D eigenvalue weighted by atomic mass is 19.1. The van der Waals surface area contributed by atoms with E-state index in [1.807, 2.05) is 33.4 Å². The number of nitrogens with one attached hydrogen (secondary N) is 2. The maximum atomic E-state index is 13.7. The van der Waals surface area contributed by atoms with Crippen LogP contribution < -0.4 is 20.1 Å². The molecule has 8 rings (SSSR count). The van der Waals surface area contributed by atoms with Crippen LogP contribution in [0.3, 0.4) is 0 Å². The number of carbonyl (C=O) groups is 4. The number of likely N-dealkylation sites (tertiary alicyclic amines) is 2. The Bertz CT molecular complexity index is 2670. The highest BCUT2D eigenvalue weighted by Crippen LogP contribution is 2.37. The number of aromatic nitrogens is 2. The van der Waals surface area contributed by atoms with Crippen LogP contribution in [0.15, 0.2) is 97.3 Å². The molecule has 2 saturated heterocycles. The largest absolute Gasteiger partial charge is 0.423 e. The van der Waals surface area contributed by atoms with Gasteiger partial charge in [-0.3, -0.25) is 9.59 Å². The van der Waals surface area contributed by atoms with E-state index in [9.17, 15) is 28.0 Å². The van der Waals surface area contributed by atoms with E-state index in [1.165, 1.54) is 24.3 Å². The zero-order valence-electron chi connectivity index (χ0n) is 37.6. The van der Waals surface area contributed by atoms with Gasteiger partial charge in [0.2, 0.25) is 11.8 Å². The molecule has 0 bridgehead atoms. The van der Waals surface area contributed by atoms with Crippen molar-refractivity contribution in [2.75, 3.05) is 52.4 Å². The van der Waals surface area contributed by atoms with Crippen molar-refractivity contribution in [3.05, 3.63) is 131 Å². The first-order valence-electron chi connectivity index (χ1n) is 23.0. The third-order valence-corrected chi connectivity index (χ3v) is 12.9. The van der Waals surface area contributed by atoms with Crippen LogP contribution in [0.5, 0.6) is 11.5 Å². The van der Waals surface area contributed by atoms with Crippen molar-refractivity contribution in [2.24, 2.45) is 0 Å². The molecule has 0 saturated carbocycles. The number of halogens is 2. The van der Waals surface area contributed by atoms with Gasteiger partial charge in [0.15, 0.2) is 11.5 Å². The SMILES string of the molecule is N#CCNC(=O)Cc1ccc2c(OC(=O)C(=O)Oc3cn(C4CCN(CCc5ccc(F)cc5)CC4)c4cc(CC(=O)NCC#N)ccc34)cn(C3CCN(CCc4ccc(F)cc4)CC3)c2c1.